The molecule has 13 rings (SSSR count). The van der Waals surface area contributed by atoms with Crippen molar-refractivity contribution >= 4 is 131 Å². The van der Waals surface area contributed by atoms with E-state index in [4.69, 9.17) is 19.9 Å². The smallest absolute Gasteiger partial charge is 0.138 e. The van der Waals surface area contributed by atoms with E-state index in [0.717, 1.165) is 152 Å². The number of allylic oxidation sites excluding steroid dienone is 3. The van der Waals surface area contributed by atoms with Crippen LogP contribution in [0.5, 0.6) is 0 Å². The van der Waals surface area contributed by atoms with Crippen molar-refractivity contribution in [2.24, 2.45) is 0 Å². The molecule has 1 aliphatic heterocycles. The van der Waals surface area contributed by atoms with Gasteiger partial charge in [-0.3, -0.25) is 19.5 Å². The van der Waals surface area contributed by atoms with Crippen LogP contribution in [-0.2, 0) is 0 Å². The molecule has 0 saturated carbocycles. The minimum absolute atomic E-state index is 0.583. The van der Waals surface area contributed by atoms with Crippen LogP contribution in [0.2, 0.25) is 0 Å². The molecule has 0 spiro atoms. The zero-order chi connectivity index (χ0) is 52.1. The van der Waals surface area contributed by atoms with Crippen molar-refractivity contribution in [1.29, 1.82) is 5.26 Å². The average molecular weight is 1150 g/mol. The molecule has 0 N–H and O–H groups in total. The average Bonchev–Trinajstić information content (AvgIpc) is 4.07. The first-order valence-electron chi connectivity index (χ1n) is 24.6. The summed E-state index contributed by atoms with van der Waals surface area (Å²) in [6.07, 6.45) is 24.5. The lowest BCUT2D eigenvalue weighted by molar-refractivity contribution is 1.06. The summed E-state index contributed by atoms with van der Waals surface area (Å²) < 4.78 is 13.0. The van der Waals surface area contributed by atoms with Crippen LogP contribution < -0.4 is 10.9 Å². The van der Waals surface area contributed by atoms with E-state index in [-0.39, 0.29) is 0 Å². The standard InChI is InChI=1S/C66H43IN7P3/c1-67-35-48(19-27-63(67)75-2)44-14-22-52-53-23-15-45(50-20-28-65(76-3)71-38-50)31-59(53)73(58(52)30-44)62-40-70-64(34-56(62)42-12-10-41(36-68)11-13-42)74-60-32-46(49-18-26-57(69-37-49)43-8-6-5-7-9-43)16-24-54(60)55-25-17-47(33-61(55)74)51-21-29-66(77-4)72-39-51/h5-35,37-40H,1-4H2. The fraction of sp³-hybridized carbons (Fsp3) is 0. The van der Waals surface area contributed by atoms with Crippen LogP contribution in [0.4, 0.5) is 0 Å². The molecule has 364 valence electrons. The maximum atomic E-state index is 10.0. The Labute approximate surface area is 456 Å². The second-order valence-corrected chi connectivity index (χ2v) is 25.8. The van der Waals surface area contributed by atoms with Gasteiger partial charge in [-0.2, -0.15) is 5.26 Å². The molecule has 6 aromatic carbocycles. The maximum Gasteiger partial charge on any atom is 0.138 e. The fourth-order valence-corrected chi connectivity index (χ4v) is 15.3. The van der Waals surface area contributed by atoms with Crippen molar-refractivity contribution < 1.29 is 0 Å². The molecule has 0 fully saturated rings. The molecule has 0 radical (unpaired) electrons. The normalized spacial score (nSPS) is 12.9. The molecule has 12 aromatic rings. The number of fused-ring (bicyclic) bond motifs is 6. The molecular formula is C66H43IN7P3. The van der Waals surface area contributed by atoms with E-state index >= 15 is 0 Å². The molecule has 77 heavy (non-hydrogen) atoms. The molecule has 7 heterocycles. The van der Waals surface area contributed by atoms with E-state index in [1.54, 1.807) is 0 Å². The summed E-state index contributed by atoms with van der Waals surface area (Å²) in [4.78, 5) is 19.9. The first-order chi connectivity index (χ1) is 37.9. The summed E-state index contributed by atoms with van der Waals surface area (Å²) in [5.41, 5.74) is 19.7. The summed E-state index contributed by atoms with van der Waals surface area (Å²) in [6, 6.07) is 62.0. The van der Waals surface area contributed by atoms with Gasteiger partial charge in [-0.15, -0.1) is 18.9 Å². The van der Waals surface area contributed by atoms with Crippen LogP contribution in [0.15, 0.2) is 210 Å². The van der Waals surface area contributed by atoms with Crippen molar-refractivity contribution in [1.82, 2.24) is 29.1 Å². The van der Waals surface area contributed by atoms with Crippen LogP contribution in [0.1, 0.15) is 11.1 Å². The number of halogens is 1. The Bertz CT molecular complexity index is 4620. The largest absolute Gasteiger partial charge is 0.307 e. The first-order valence-corrected chi connectivity index (χ1v) is 31.7. The summed E-state index contributed by atoms with van der Waals surface area (Å²) in [7, 11) is 2.78. The molecule has 7 nitrogen and oxygen atoms in total. The highest BCUT2D eigenvalue weighted by molar-refractivity contribution is 14.2. The lowest BCUT2D eigenvalue weighted by Crippen LogP contribution is -2.04. The minimum atomic E-state index is -1.75. The maximum absolute atomic E-state index is 10.0. The van der Waals surface area contributed by atoms with Gasteiger partial charge >= 0.3 is 0 Å². The van der Waals surface area contributed by atoms with Crippen molar-refractivity contribution in [2.75, 3.05) is 0 Å². The molecule has 0 unspecified atom stereocenters. The van der Waals surface area contributed by atoms with Crippen LogP contribution >= 0.6 is 43.5 Å². The predicted molar refractivity (Wildman–Crippen MR) is 343 cm³/mol. The third-order valence-electron chi connectivity index (χ3n) is 14.2. The second kappa shape index (κ2) is 20.2. The van der Waals surface area contributed by atoms with Crippen LogP contribution in [0.3, 0.4) is 0 Å². The summed E-state index contributed by atoms with van der Waals surface area (Å²) in [5, 5.41) is 14.5. The predicted octanol–water partition coefficient (Wildman–Crippen LogP) is 16.0. The summed E-state index contributed by atoms with van der Waals surface area (Å²) >= 11 is -1.75. The monoisotopic (exact) mass is 1150 g/mol. The van der Waals surface area contributed by atoms with E-state index < -0.39 is 18.9 Å². The molecule has 6 aromatic heterocycles. The fourth-order valence-electron chi connectivity index (χ4n) is 10.4. The Kier molecular flexibility index (Phi) is 12.6. The Balaban J connectivity index is 1.07. The van der Waals surface area contributed by atoms with E-state index in [1.165, 1.54) is 8.89 Å². The second-order valence-electron chi connectivity index (χ2n) is 18.5. The third-order valence-corrected chi connectivity index (χ3v) is 21.5. The molecule has 1 aliphatic rings. The number of aromatic nitrogens is 6. The topological polar surface area (TPSA) is 85.2 Å². The van der Waals surface area contributed by atoms with Gasteiger partial charge in [-0.05, 0) is 104 Å². The van der Waals surface area contributed by atoms with Crippen LogP contribution in [-0.4, -0.2) is 56.5 Å². The molecule has 0 bridgehead atoms. The van der Waals surface area contributed by atoms with Crippen molar-refractivity contribution in [2.45, 2.75) is 0 Å². The van der Waals surface area contributed by atoms with Crippen molar-refractivity contribution in [3.63, 3.8) is 0 Å². The van der Waals surface area contributed by atoms with Gasteiger partial charge in [0.2, 0.25) is 0 Å². The number of rotatable bonds is 11. The molecule has 0 aliphatic carbocycles. The zero-order valence-corrected chi connectivity index (χ0v) is 46.2. The van der Waals surface area contributed by atoms with Gasteiger partial charge in [0.15, 0.2) is 0 Å². The van der Waals surface area contributed by atoms with Crippen molar-refractivity contribution in [3.8, 4) is 73.3 Å². The lowest BCUT2D eigenvalue weighted by atomic mass is 10.0. The highest BCUT2D eigenvalue weighted by atomic mass is 127. The summed E-state index contributed by atoms with van der Waals surface area (Å²) in [5.74, 6) is 0.739. The van der Waals surface area contributed by atoms with Crippen LogP contribution in [0, 0.1) is 11.3 Å². The Morgan fingerprint density at radius 1 is 0.442 bits per heavy atom. The SMILES string of the molecule is C=PC1=CC=C(c2ccc3c4ccc(-c5ccc(P=C)nc5)cc4n(-c4cnc(-n5c6cc(-c7ccc(P=C)nc7)ccc6c6ccc(-c7ccc(-c8ccccc8)nc7)cc65)cc4-c4ccc(C#N)cc4)c3c2)C=I1=C. The van der Waals surface area contributed by atoms with E-state index in [2.05, 4.69) is 170 Å². The highest BCUT2D eigenvalue weighted by Gasteiger charge is 2.22. The molecule has 0 saturated heterocycles. The van der Waals surface area contributed by atoms with Gasteiger partial charge in [0.25, 0.3) is 0 Å². The number of benzene rings is 6. The highest BCUT2D eigenvalue weighted by Crippen LogP contribution is 2.43. The first kappa shape index (κ1) is 48.1. The summed E-state index contributed by atoms with van der Waals surface area (Å²) in [6.45, 7) is 0. The number of hydrogen-bond acceptors (Lipinski definition) is 5. The Hall–Kier alpha value is -8.53. The van der Waals surface area contributed by atoms with Gasteiger partial charge < -0.3 is 4.57 Å². The van der Waals surface area contributed by atoms with E-state index in [0.29, 0.717) is 5.56 Å². The van der Waals surface area contributed by atoms with E-state index in [9.17, 15) is 5.26 Å². The molecule has 11 heteroatoms. The number of nitriles is 1. The molecule has 0 amide bonds. The van der Waals surface area contributed by atoms with E-state index in [1.807, 2.05) is 79.4 Å². The Morgan fingerprint density at radius 2 is 0.948 bits per heavy atom. The van der Waals surface area contributed by atoms with Crippen molar-refractivity contribution in [3.05, 3.63) is 221 Å². The minimum Gasteiger partial charge on any atom is -0.307 e. The van der Waals surface area contributed by atoms with Crippen LogP contribution in [0.25, 0.3) is 116 Å². The van der Waals surface area contributed by atoms with Gasteiger partial charge in [0, 0.05) is 71.3 Å². The third kappa shape index (κ3) is 8.78. The lowest BCUT2D eigenvalue weighted by Gasteiger charge is -2.17. The van der Waals surface area contributed by atoms with Gasteiger partial charge in [0.1, 0.15) is 5.82 Å². The molecule has 0 atom stereocenters. The van der Waals surface area contributed by atoms with Gasteiger partial charge in [0.05, 0.1) is 62.1 Å². The number of nitrogens with zero attached hydrogens (tertiary/aromatic N) is 7. The number of hydrogen-bond donors (Lipinski definition) is 0. The quantitative estimate of drug-likeness (QED) is 0.0951. The van der Waals surface area contributed by atoms with Gasteiger partial charge in [-0.25, -0.2) is 4.98 Å². The van der Waals surface area contributed by atoms with Gasteiger partial charge in [-0.1, -0.05) is 163 Å². The molecular weight excluding hydrogens is 1110 g/mol. The number of pyridine rings is 4. The Morgan fingerprint density at radius 3 is 1.44 bits per heavy atom. The zero-order valence-electron chi connectivity index (χ0n) is 41.4.